The Balaban J connectivity index is 1.30. The highest BCUT2D eigenvalue weighted by Gasteiger charge is 2.35. The fraction of sp³-hybridized carbons (Fsp3) is 0.370. The molecule has 0 bridgehead atoms. The number of rotatable bonds is 6. The van der Waals surface area contributed by atoms with E-state index in [-0.39, 0.29) is 23.4 Å². The number of pyridine rings is 1. The number of hydrogen-bond donors (Lipinski definition) is 1. The highest BCUT2D eigenvalue weighted by molar-refractivity contribution is 5.99. The molecule has 5 rings (SSSR count). The highest BCUT2D eigenvalue weighted by Crippen LogP contribution is 2.22. The minimum Gasteiger partial charge on any atom is -0.350 e. The largest absolute Gasteiger partial charge is 0.350 e. The summed E-state index contributed by atoms with van der Waals surface area (Å²) in [5.74, 6) is -0.621. The van der Waals surface area contributed by atoms with Crippen molar-refractivity contribution in [2.24, 2.45) is 0 Å². The van der Waals surface area contributed by atoms with E-state index in [1.807, 2.05) is 42.5 Å². The van der Waals surface area contributed by atoms with Crippen molar-refractivity contribution in [3.05, 3.63) is 83.4 Å². The van der Waals surface area contributed by atoms with Crippen molar-refractivity contribution in [3.63, 3.8) is 0 Å². The van der Waals surface area contributed by atoms with Crippen LogP contribution in [0, 0.1) is 0 Å². The summed E-state index contributed by atoms with van der Waals surface area (Å²) in [6.45, 7) is 2.55. The third-order valence-corrected chi connectivity index (χ3v) is 6.78. The van der Waals surface area contributed by atoms with Gasteiger partial charge in [0.2, 0.25) is 5.91 Å². The molecule has 2 aliphatic heterocycles. The van der Waals surface area contributed by atoms with E-state index < -0.39 is 6.04 Å². The van der Waals surface area contributed by atoms with Crippen molar-refractivity contribution in [2.45, 2.75) is 51.4 Å². The molecule has 0 radical (unpaired) electrons. The third-order valence-electron chi connectivity index (χ3n) is 6.78. The number of nitrogens with one attached hydrogen (secondary N) is 1. The Morgan fingerprint density at radius 2 is 1.81 bits per heavy atom. The number of hydrogen-bond acceptors (Lipinski definition) is 5. The summed E-state index contributed by atoms with van der Waals surface area (Å²) in [6, 6.07) is 14.6. The first kappa shape index (κ1) is 23.7. The minimum absolute atomic E-state index is 0.132. The lowest BCUT2D eigenvalue weighted by atomic mass is 10.0. The maximum Gasteiger partial charge on any atom is 0.275 e. The topological polar surface area (TPSA) is 100 Å². The van der Waals surface area contributed by atoms with E-state index in [1.54, 1.807) is 32.9 Å². The second kappa shape index (κ2) is 10.7. The van der Waals surface area contributed by atoms with Gasteiger partial charge >= 0.3 is 0 Å². The first-order chi connectivity index (χ1) is 17.6. The van der Waals surface area contributed by atoms with Crippen molar-refractivity contribution in [1.82, 2.24) is 29.9 Å². The average molecular weight is 487 g/mol. The predicted octanol–water partition coefficient (Wildman–Crippen LogP) is 2.64. The molecule has 0 saturated carbocycles. The fourth-order valence-corrected chi connectivity index (χ4v) is 4.90. The van der Waals surface area contributed by atoms with Crippen LogP contribution in [0.5, 0.6) is 0 Å². The van der Waals surface area contributed by atoms with Gasteiger partial charge in [0.1, 0.15) is 11.7 Å². The fourth-order valence-electron chi connectivity index (χ4n) is 4.90. The second-order valence-electron chi connectivity index (χ2n) is 9.29. The van der Waals surface area contributed by atoms with E-state index in [9.17, 15) is 14.4 Å². The van der Waals surface area contributed by atoms with E-state index in [0.29, 0.717) is 44.8 Å². The predicted molar refractivity (Wildman–Crippen MR) is 133 cm³/mol. The molecule has 0 aliphatic carbocycles. The van der Waals surface area contributed by atoms with Crippen molar-refractivity contribution in [3.8, 4) is 0 Å². The van der Waals surface area contributed by atoms with E-state index in [0.717, 1.165) is 30.4 Å². The lowest BCUT2D eigenvalue weighted by Gasteiger charge is -2.34. The molecule has 4 heterocycles. The number of likely N-dealkylation sites (tertiary alicyclic amines) is 1. The van der Waals surface area contributed by atoms with E-state index in [2.05, 4.69) is 15.4 Å². The Bertz CT molecular complexity index is 1230. The molecule has 9 heteroatoms. The maximum absolute atomic E-state index is 13.5. The van der Waals surface area contributed by atoms with Gasteiger partial charge in [-0.15, -0.1) is 0 Å². The van der Waals surface area contributed by atoms with Crippen molar-refractivity contribution >= 4 is 17.7 Å². The van der Waals surface area contributed by atoms with Crippen LogP contribution in [0.4, 0.5) is 0 Å². The monoisotopic (exact) mass is 486 g/mol. The first-order valence-corrected chi connectivity index (χ1v) is 12.5. The van der Waals surface area contributed by atoms with E-state index in [4.69, 9.17) is 0 Å². The van der Waals surface area contributed by atoms with Crippen LogP contribution < -0.4 is 5.32 Å². The van der Waals surface area contributed by atoms with Crippen LogP contribution in [-0.2, 0) is 24.4 Å². The maximum atomic E-state index is 13.5. The van der Waals surface area contributed by atoms with Gasteiger partial charge in [0.15, 0.2) is 5.69 Å². The van der Waals surface area contributed by atoms with E-state index in [1.165, 1.54) is 0 Å². The molecule has 1 aromatic carbocycles. The molecule has 1 fully saturated rings. The second-order valence-corrected chi connectivity index (χ2v) is 9.29. The Labute approximate surface area is 210 Å². The van der Waals surface area contributed by atoms with Gasteiger partial charge in [-0.25, -0.2) is 0 Å². The molecule has 1 N–H and O–H groups in total. The number of fused-ring (bicyclic) bond motifs is 1. The number of carbonyl (C=O) groups excluding carboxylic acids is 3. The zero-order valence-electron chi connectivity index (χ0n) is 20.2. The summed E-state index contributed by atoms with van der Waals surface area (Å²) in [5, 5.41) is 7.44. The molecule has 2 aliphatic rings. The molecule has 3 aromatic rings. The van der Waals surface area contributed by atoms with Gasteiger partial charge in [0.25, 0.3) is 11.8 Å². The normalized spacial score (nSPS) is 17.9. The summed E-state index contributed by atoms with van der Waals surface area (Å²) < 4.78 is 1.64. The molecule has 1 atom stereocenters. The Morgan fingerprint density at radius 3 is 2.61 bits per heavy atom. The quantitative estimate of drug-likeness (QED) is 0.577. The van der Waals surface area contributed by atoms with Gasteiger partial charge in [-0.3, -0.25) is 24.0 Å². The highest BCUT2D eigenvalue weighted by atomic mass is 16.2. The van der Waals surface area contributed by atoms with Gasteiger partial charge in [-0.05, 0) is 42.9 Å². The first-order valence-electron chi connectivity index (χ1n) is 12.5. The van der Waals surface area contributed by atoms with Crippen LogP contribution in [0.3, 0.4) is 0 Å². The van der Waals surface area contributed by atoms with Gasteiger partial charge < -0.3 is 15.1 Å². The number of piperidine rings is 1. The summed E-state index contributed by atoms with van der Waals surface area (Å²) in [4.78, 5) is 47.3. The number of benzene rings is 1. The molecule has 9 nitrogen and oxygen atoms in total. The molecule has 3 amide bonds. The smallest absolute Gasteiger partial charge is 0.275 e. The minimum atomic E-state index is -0.560. The van der Waals surface area contributed by atoms with E-state index >= 15 is 0 Å². The van der Waals surface area contributed by atoms with Crippen LogP contribution in [0.1, 0.15) is 57.8 Å². The summed E-state index contributed by atoms with van der Waals surface area (Å²) in [5.41, 5.74) is 2.59. The van der Waals surface area contributed by atoms with Crippen molar-refractivity contribution in [2.75, 3.05) is 13.1 Å². The van der Waals surface area contributed by atoms with Gasteiger partial charge in [0.05, 0.1) is 0 Å². The lowest BCUT2D eigenvalue weighted by molar-refractivity contribution is -0.126. The van der Waals surface area contributed by atoms with Crippen LogP contribution in [0.15, 0.2) is 60.9 Å². The standard InChI is InChI=1S/C27H30N6O3/c34-25(29-18-21-10-6-12-28-17-21)23-11-4-5-14-32(23)26(35)22-16-24-27(36)31(13-7-15-33(24)30-22)19-20-8-2-1-3-9-20/h1-3,6,8-10,12,16-17,23H,4-5,7,11,13-15,18-19H2,(H,29,34). The Hall–Kier alpha value is -4.01. The molecule has 0 spiro atoms. The van der Waals surface area contributed by atoms with Crippen LogP contribution in [0.25, 0.3) is 0 Å². The average Bonchev–Trinajstić information content (AvgIpc) is 3.30. The molecular formula is C27H30N6O3. The molecule has 1 unspecified atom stereocenters. The third kappa shape index (κ3) is 5.15. The van der Waals surface area contributed by atoms with Crippen LogP contribution in [-0.4, -0.2) is 61.4 Å². The van der Waals surface area contributed by atoms with Gasteiger partial charge in [-0.2, -0.15) is 5.10 Å². The summed E-state index contributed by atoms with van der Waals surface area (Å²) in [7, 11) is 0. The van der Waals surface area contributed by atoms with Gasteiger partial charge in [-0.1, -0.05) is 36.4 Å². The lowest BCUT2D eigenvalue weighted by Crippen LogP contribution is -2.51. The molecular weight excluding hydrogens is 456 g/mol. The zero-order chi connectivity index (χ0) is 24.9. The summed E-state index contributed by atoms with van der Waals surface area (Å²) in [6.07, 6.45) is 6.45. The van der Waals surface area contributed by atoms with Gasteiger partial charge in [0, 0.05) is 51.2 Å². The molecule has 36 heavy (non-hydrogen) atoms. The Morgan fingerprint density at radius 1 is 0.972 bits per heavy atom. The number of aromatic nitrogens is 3. The van der Waals surface area contributed by atoms with Crippen LogP contribution in [0.2, 0.25) is 0 Å². The van der Waals surface area contributed by atoms with Crippen LogP contribution >= 0.6 is 0 Å². The SMILES string of the molecule is O=C(NCc1cccnc1)C1CCCCN1C(=O)c1cc2n(n1)CCCN(Cc1ccccc1)C2=O. The number of aryl methyl sites for hydroxylation is 1. The number of amides is 3. The molecule has 1 saturated heterocycles. The molecule has 186 valence electrons. The summed E-state index contributed by atoms with van der Waals surface area (Å²) >= 11 is 0. The van der Waals surface area contributed by atoms with Crippen molar-refractivity contribution in [1.29, 1.82) is 0 Å². The zero-order valence-corrected chi connectivity index (χ0v) is 20.2. The number of carbonyl (C=O) groups is 3. The Kier molecular flexibility index (Phi) is 7.06. The van der Waals surface area contributed by atoms with Crippen molar-refractivity contribution < 1.29 is 14.4 Å². The molecule has 2 aromatic heterocycles. The number of nitrogens with zero attached hydrogens (tertiary/aromatic N) is 5.